The van der Waals surface area contributed by atoms with Crippen LogP contribution in [0.25, 0.3) is 0 Å². The summed E-state index contributed by atoms with van der Waals surface area (Å²) in [7, 11) is 1.43. The Hall–Kier alpha value is -2.64. The van der Waals surface area contributed by atoms with Crippen molar-refractivity contribution in [1.29, 1.82) is 0 Å². The van der Waals surface area contributed by atoms with Crippen molar-refractivity contribution in [2.75, 3.05) is 12.4 Å². The fourth-order valence-corrected chi connectivity index (χ4v) is 1.67. The van der Waals surface area contributed by atoms with Gasteiger partial charge in [-0.25, -0.2) is 0 Å². The van der Waals surface area contributed by atoms with Crippen LogP contribution in [-0.4, -0.2) is 35.0 Å². The Kier molecular flexibility index (Phi) is 5.23. The number of carbonyl (C=O) groups excluding carboxylic acids is 1. The number of hydrogen-bond acceptors (Lipinski definition) is 5. The summed E-state index contributed by atoms with van der Waals surface area (Å²) in [5.74, 6) is -2.15. The third-order valence-electron chi connectivity index (χ3n) is 3.21. The van der Waals surface area contributed by atoms with E-state index in [1.165, 1.54) is 26.1 Å². The van der Waals surface area contributed by atoms with E-state index in [0.29, 0.717) is 0 Å². The van der Waals surface area contributed by atoms with E-state index in [0.717, 1.165) is 6.07 Å². The van der Waals surface area contributed by atoms with Gasteiger partial charge in [0.1, 0.15) is 5.69 Å². The number of nitrogens with zero attached hydrogens (tertiary/aromatic N) is 1. The summed E-state index contributed by atoms with van der Waals surface area (Å²) in [6, 6.07) is 3.48. The number of aliphatic carboxylic acids is 1. The summed E-state index contributed by atoms with van der Waals surface area (Å²) < 4.78 is 0. The van der Waals surface area contributed by atoms with Gasteiger partial charge >= 0.3 is 5.97 Å². The Morgan fingerprint density at radius 2 is 1.95 bits per heavy atom. The molecule has 21 heavy (non-hydrogen) atoms. The van der Waals surface area contributed by atoms with Gasteiger partial charge < -0.3 is 15.7 Å². The first-order valence-electron chi connectivity index (χ1n) is 6.27. The van der Waals surface area contributed by atoms with Gasteiger partial charge in [-0.1, -0.05) is 0 Å². The van der Waals surface area contributed by atoms with Crippen LogP contribution in [0.5, 0.6) is 0 Å². The minimum absolute atomic E-state index is 0.161. The van der Waals surface area contributed by atoms with Crippen LogP contribution in [0.15, 0.2) is 18.2 Å². The Morgan fingerprint density at radius 3 is 2.43 bits per heavy atom. The van der Waals surface area contributed by atoms with Gasteiger partial charge in [0.05, 0.1) is 10.8 Å². The molecule has 0 fully saturated rings. The fraction of sp³-hybridized carbons (Fsp3) is 0.385. The number of benzene rings is 1. The molecule has 2 unspecified atom stereocenters. The van der Waals surface area contributed by atoms with Crippen LogP contribution < -0.4 is 10.6 Å². The van der Waals surface area contributed by atoms with E-state index >= 15 is 0 Å². The molecule has 0 bridgehead atoms. The Morgan fingerprint density at radius 1 is 1.33 bits per heavy atom. The number of hydrogen-bond donors (Lipinski definition) is 3. The lowest BCUT2D eigenvalue weighted by atomic mass is 10.0. The standard InChI is InChI=1S/C13H17N3O5/c1-7(13(18)19)8(2)15-10-5-4-9(12(17)14-3)6-11(10)16(20)21/h4-8,15H,1-3H3,(H,14,17)(H,18,19). The molecule has 0 spiro atoms. The lowest BCUT2D eigenvalue weighted by Crippen LogP contribution is -2.30. The van der Waals surface area contributed by atoms with Crippen molar-refractivity contribution >= 4 is 23.3 Å². The van der Waals surface area contributed by atoms with E-state index in [1.807, 2.05) is 0 Å². The number of carbonyl (C=O) groups is 2. The molecule has 0 aromatic heterocycles. The van der Waals surface area contributed by atoms with Crippen molar-refractivity contribution in [2.24, 2.45) is 5.92 Å². The van der Waals surface area contributed by atoms with E-state index in [4.69, 9.17) is 5.11 Å². The number of rotatable bonds is 6. The lowest BCUT2D eigenvalue weighted by molar-refractivity contribution is -0.384. The predicted octanol–water partition coefficient (Wildman–Crippen LogP) is 1.48. The molecule has 114 valence electrons. The molecule has 1 rings (SSSR count). The Bertz CT molecular complexity index is 573. The van der Waals surface area contributed by atoms with Crippen molar-refractivity contribution < 1.29 is 19.6 Å². The summed E-state index contributed by atoms with van der Waals surface area (Å²) >= 11 is 0. The number of amides is 1. The van der Waals surface area contributed by atoms with Crippen LogP contribution in [0.2, 0.25) is 0 Å². The third-order valence-corrected chi connectivity index (χ3v) is 3.21. The summed E-state index contributed by atoms with van der Waals surface area (Å²) in [6.45, 7) is 3.12. The molecule has 2 atom stereocenters. The van der Waals surface area contributed by atoms with Gasteiger partial charge in [-0.15, -0.1) is 0 Å². The highest BCUT2D eigenvalue weighted by molar-refractivity contribution is 5.95. The Balaban J connectivity index is 3.10. The number of carboxylic acids is 1. The molecule has 1 aromatic carbocycles. The van der Waals surface area contributed by atoms with Crippen LogP contribution in [0.3, 0.4) is 0 Å². The highest BCUT2D eigenvalue weighted by atomic mass is 16.6. The smallest absolute Gasteiger partial charge is 0.308 e. The van der Waals surface area contributed by atoms with Gasteiger partial charge in [-0.2, -0.15) is 0 Å². The summed E-state index contributed by atoms with van der Waals surface area (Å²) in [5, 5.41) is 25.2. The van der Waals surface area contributed by atoms with Crippen molar-refractivity contribution in [3.8, 4) is 0 Å². The van der Waals surface area contributed by atoms with Crippen molar-refractivity contribution in [3.63, 3.8) is 0 Å². The second kappa shape index (κ2) is 6.69. The first kappa shape index (κ1) is 16.4. The maximum atomic E-state index is 11.5. The first-order valence-corrected chi connectivity index (χ1v) is 6.27. The predicted molar refractivity (Wildman–Crippen MR) is 76.4 cm³/mol. The van der Waals surface area contributed by atoms with Gasteiger partial charge in [0.15, 0.2) is 0 Å². The third kappa shape index (κ3) is 3.91. The van der Waals surface area contributed by atoms with Gasteiger partial charge in [-0.05, 0) is 26.0 Å². The molecule has 8 heteroatoms. The molecule has 0 saturated carbocycles. The van der Waals surface area contributed by atoms with Crippen LogP contribution in [0.4, 0.5) is 11.4 Å². The van der Waals surface area contributed by atoms with E-state index in [-0.39, 0.29) is 16.9 Å². The molecule has 0 aliphatic carbocycles. The highest BCUT2D eigenvalue weighted by Crippen LogP contribution is 2.27. The molecule has 0 radical (unpaired) electrons. The van der Waals surface area contributed by atoms with Gasteiger partial charge in [0.2, 0.25) is 0 Å². The maximum Gasteiger partial charge on any atom is 0.308 e. The molecule has 3 N–H and O–H groups in total. The monoisotopic (exact) mass is 295 g/mol. The maximum absolute atomic E-state index is 11.5. The van der Waals surface area contributed by atoms with E-state index in [2.05, 4.69) is 10.6 Å². The average Bonchev–Trinajstić information content (AvgIpc) is 2.45. The number of carboxylic acid groups (broad SMARTS) is 1. The largest absolute Gasteiger partial charge is 0.481 e. The Labute approximate surface area is 121 Å². The minimum atomic E-state index is -1.00. The molecule has 0 heterocycles. The molecule has 0 aliphatic heterocycles. The number of anilines is 1. The van der Waals surface area contributed by atoms with Gasteiger partial charge in [0.25, 0.3) is 11.6 Å². The molecule has 8 nitrogen and oxygen atoms in total. The second-order valence-corrected chi connectivity index (χ2v) is 4.63. The quantitative estimate of drug-likeness (QED) is 0.539. The normalized spacial score (nSPS) is 13.1. The molecule has 0 saturated heterocycles. The zero-order valence-corrected chi connectivity index (χ0v) is 11.9. The molecule has 1 aromatic rings. The van der Waals surface area contributed by atoms with Gasteiger partial charge in [-0.3, -0.25) is 19.7 Å². The summed E-state index contributed by atoms with van der Waals surface area (Å²) in [4.78, 5) is 32.9. The molecule has 0 aliphatic rings. The molecular weight excluding hydrogens is 278 g/mol. The summed E-state index contributed by atoms with van der Waals surface area (Å²) in [6.07, 6.45) is 0. The highest BCUT2D eigenvalue weighted by Gasteiger charge is 2.23. The minimum Gasteiger partial charge on any atom is -0.481 e. The van der Waals surface area contributed by atoms with Crippen LogP contribution in [0.1, 0.15) is 24.2 Å². The number of nitro benzene ring substituents is 1. The van der Waals surface area contributed by atoms with Gasteiger partial charge in [0, 0.05) is 24.7 Å². The topological polar surface area (TPSA) is 122 Å². The van der Waals surface area contributed by atoms with Crippen LogP contribution in [0, 0.1) is 16.0 Å². The average molecular weight is 295 g/mol. The van der Waals surface area contributed by atoms with Crippen LogP contribution in [-0.2, 0) is 4.79 Å². The summed E-state index contributed by atoms with van der Waals surface area (Å²) in [5.41, 5.74) is 0.0578. The van der Waals surface area contributed by atoms with Crippen LogP contribution >= 0.6 is 0 Å². The zero-order chi connectivity index (χ0) is 16.2. The molecular formula is C13H17N3O5. The van der Waals surface area contributed by atoms with E-state index < -0.39 is 28.8 Å². The molecule has 1 amide bonds. The zero-order valence-electron chi connectivity index (χ0n) is 11.9. The van der Waals surface area contributed by atoms with Crippen molar-refractivity contribution in [2.45, 2.75) is 19.9 Å². The second-order valence-electron chi connectivity index (χ2n) is 4.63. The first-order chi connectivity index (χ1) is 9.77. The van der Waals surface area contributed by atoms with E-state index in [9.17, 15) is 19.7 Å². The SMILES string of the molecule is CNC(=O)c1ccc(NC(C)C(C)C(=O)O)c([N+](=O)[O-])c1. The number of nitrogens with one attached hydrogen (secondary N) is 2. The number of nitro groups is 1. The van der Waals surface area contributed by atoms with Crippen molar-refractivity contribution in [1.82, 2.24) is 5.32 Å². The van der Waals surface area contributed by atoms with E-state index in [1.54, 1.807) is 6.92 Å². The lowest BCUT2D eigenvalue weighted by Gasteiger charge is -2.19. The fourth-order valence-electron chi connectivity index (χ4n) is 1.67. The van der Waals surface area contributed by atoms with Crippen molar-refractivity contribution in [3.05, 3.63) is 33.9 Å².